The number of pyridine rings is 1. The molecule has 2 rings (SSSR count). The first-order chi connectivity index (χ1) is 10.7. The summed E-state index contributed by atoms with van der Waals surface area (Å²) in [4.78, 5) is 10.8. The Hall–Kier alpha value is -0.850. The summed E-state index contributed by atoms with van der Waals surface area (Å²) in [5.41, 5.74) is 1.26. The van der Waals surface area contributed by atoms with Crippen LogP contribution in [0.1, 0.15) is 38.2 Å². The van der Waals surface area contributed by atoms with Gasteiger partial charge in [0.15, 0.2) is 5.96 Å². The maximum atomic E-state index is 4.42. The second-order valence-electron chi connectivity index (χ2n) is 6.59. The van der Waals surface area contributed by atoms with Crippen LogP contribution in [-0.4, -0.2) is 43.0 Å². The van der Waals surface area contributed by atoms with Gasteiger partial charge in [-0.25, -0.2) is 0 Å². The molecule has 5 heteroatoms. The summed E-state index contributed by atoms with van der Waals surface area (Å²) >= 11 is 0. The van der Waals surface area contributed by atoms with Crippen LogP contribution in [0.2, 0.25) is 0 Å². The van der Waals surface area contributed by atoms with Crippen LogP contribution in [0.3, 0.4) is 0 Å². The van der Waals surface area contributed by atoms with Crippen LogP contribution in [0, 0.1) is 11.8 Å². The summed E-state index contributed by atoms with van der Waals surface area (Å²) in [5, 5.41) is 3.46. The monoisotopic (exact) mass is 430 g/mol. The van der Waals surface area contributed by atoms with E-state index in [1.54, 1.807) is 0 Å². The van der Waals surface area contributed by atoms with Crippen molar-refractivity contribution in [2.75, 3.05) is 27.2 Å². The fraction of sp³-hybridized carbons (Fsp3) is 0.667. The van der Waals surface area contributed by atoms with Gasteiger partial charge < -0.3 is 10.2 Å². The van der Waals surface area contributed by atoms with Crippen molar-refractivity contribution in [3.8, 4) is 0 Å². The number of hydrogen-bond donors (Lipinski definition) is 1. The Kier molecular flexibility index (Phi) is 9.52. The first-order valence-electron chi connectivity index (χ1n) is 8.49. The van der Waals surface area contributed by atoms with Gasteiger partial charge in [-0.1, -0.05) is 25.8 Å². The van der Waals surface area contributed by atoms with Gasteiger partial charge in [0, 0.05) is 39.6 Å². The Labute approximate surface area is 158 Å². The second kappa shape index (κ2) is 10.8. The van der Waals surface area contributed by atoms with Gasteiger partial charge in [0.25, 0.3) is 0 Å². The van der Waals surface area contributed by atoms with Gasteiger partial charge >= 0.3 is 0 Å². The predicted molar refractivity (Wildman–Crippen MR) is 108 cm³/mol. The normalized spacial score (nSPS) is 21.4. The highest BCUT2D eigenvalue weighted by molar-refractivity contribution is 14.0. The van der Waals surface area contributed by atoms with Crippen LogP contribution in [0.25, 0.3) is 0 Å². The molecule has 0 saturated heterocycles. The van der Waals surface area contributed by atoms with Gasteiger partial charge in [-0.3, -0.25) is 9.98 Å². The number of nitrogens with one attached hydrogen (secondary N) is 1. The molecular formula is C18H31IN4. The number of nitrogens with zero attached hydrogens (tertiary/aromatic N) is 3. The van der Waals surface area contributed by atoms with E-state index in [9.17, 15) is 0 Å². The summed E-state index contributed by atoms with van der Waals surface area (Å²) in [6, 6.07) is 4.10. The van der Waals surface area contributed by atoms with E-state index in [-0.39, 0.29) is 24.0 Å². The molecule has 0 radical (unpaired) electrons. The molecule has 0 amide bonds. The van der Waals surface area contributed by atoms with Crippen molar-refractivity contribution in [1.82, 2.24) is 15.2 Å². The highest BCUT2D eigenvalue weighted by Crippen LogP contribution is 2.28. The maximum absolute atomic E-state index is 4.42. The Bertz CT molecular complexity index is 455. The third-order valence-corrected chi connectivity index (χ3v) is 4.66. The molecule has 4 nitrogen and oxygen atoms in total. The lowest BCUT2D eigenvalue weighted by molar-refractivity contribution is 0.250. The number of hydrogen-bond acceptors (Lipinski definition) is 2. The summed E-state index contributed by atoms with van der Waals surface area (Å²) in [6.07, 6.45) is 10.2. The summed E-state index contributed by atoms with van der Waals surface area (Å²) < 4.78 is 0. The van der Waals surface area contributed by atoms with E-state index in [0.29, 0.717) is 0 Å². The summed E-state index contributed by atoms with van der Waals surface area (Å²) in [5.74, 6) is 2.74. The van der Waals surface area contributed by atoms with Crippen molar-refractivity contribution in [3.05, 3.63) is 30.1 Å². The smallest absolute Gasteiger partial charge is 0.193 e. The van der Waals surface area contributed by atoms with E-state index >= 15 is 0 Å². The average molecular weight is 430 g/mol. The molecule has 0 unspecified atom stereocenters. The molecule has 1 aliphatic rings. The minimum atomic E-state index is 0. The topological polar surface area (TPSA) is 40.5 Å². The Morgan fingerprint density at radius 2 is 2.09 bits per heavy atom. The van der Waals surface area contributed by atoms with Gasteiger partial charge in [0.1, 0.15) is 0 Å². The van der Waals surface area contributed by atoms with Crippen LogP contribution >= 0.6 is 24.0 Å². The summed E-state index contributed by atoms with van der Waals surface area (Å²) in [7, 11) is 4.02. The van der Waals surface area contributed by atoms with Gasteiger partial charge in [-0.05, 0) is 42.7 Å². The number of aliphatic imine (C=N–C) groups is 1. The van der Waals surface area contributed by atoms with Crippen molar-refractivity contribution in [3.63, 3.8) is 0 Å². The molecule has 1 fully saturated rings. The quantitative estimate of drug-likeness (QED) is 0.441. The third kappa shape index (κ3) is 7.06. The van der Waals surface area contributed by atoms with E-state index in [1.165, 1.54) is 31.2 Å². The first kappa shape index (κ1) is 20.2. The van der Waals surface area contributed by atoms with E-state index < -0.39 is 0 Å². The SMILES string of the molecule is CN=C(NCCc1cccnc1)N(C)CC1CCC(C)CC1.I. The van der Waals surface area contributed by atoms with Crippen molar-refractivity contribution >= 4 is 29.9 Å². The Balaban J connectivity index is 0.00000264. The highest BCUT2D eigenvalue weighted by Gasteiger charge is 2.20. The van der Waals surface area contributed by atoms with Gasteiger partial charge in [0.2, 0.25) is 0 Å². The van der Waals surface area contributed by atoms with Crippen molar-refractivity contribution in [2.24, 2.45) is 16.8 Å². The van der Waals surface area contributed by atoms with Crippen molar-refractivity contribution < 1.29 is 0 Å². The van der Waals surface area contributed by atoms with Gasteiger partial charge in [-0.15, -0.1) is 24.0 Å². The Morgan fingerprint density at radius 1 is 1.35 bits per heavy atom. The molecule has 130 valence electrons. The molecule has 1 heterocycles. The zero-order chi connectivity index (χ0) is 15.8. The van der Waals surface area contributed by atoms with Gasteiger partial charge in [0.05, 0.1) is 0 Å². The van der Waals surface area contributed by atoms with Crippen LogP contribution < -0.4 is 5.32 Å². The van der Waals surface area contributed by atoms with Crippen molar-refractivity contribution in [1.29, 1.82) is 0 Å². The van der Waals surface area contributed by atoms with E-state index in [1.807, 2.05) is 25.5 Å². The molecule has 0 bridgehead atoms. The lowest BCUT2D eigenvalue weighted by atomic mass is 9.83. The largest absolute Gasteiger partial charge is 0.356 e. The lowest BCUT2D eigenvalue weighted by Gasteiger charge is -2.31. The van der Waals surface area contributed by atoms with Crippen molar-refractivity contribution in [2.45, 2.75) is 39.0 Å². The fourth-order valence-corrected chi connectivity index (χ4v) is 3.23. The molecule has 1 aliphatic carbocycles. The second-order valence-corrected chi connectivity index (χ2v) is 6.59. The fourth-order valence-electron chi connectivity index (χ4n) is 3.23. The standard InChI is InChI=1S/C18H30N4.HI/c1-15-6-8-17(9-7-15)14-22(3)18(19-2)21-12-10-16-5-4-11-20-13-16;/h4-5,11,13,15,17H,6-10,12,14H2,1-3H3,(H,19,21);1H. The number of aromatic nitrogens is 1. The highest BCUT2D eigenvalue weighted by atomic mass is 127. The average Bonchev–Trinajstić information content (AvgIpc) is 2.54. The zero-order valence-corrected chi connectivity index (χ0v) is 17.0. The number of guanidine groups is 1. The molecular weight excluding hydrogens is 399 g/mol. The van der Waals surface area contributed by atoms with E-state index in [0.717, 1.165) is 37.3 Å². The molecule has 1 N–H and O–H groups in total. The minimum Gasteiger partial charge on any atom is -0.356 e. The van der Waals surface area contributed by atoms with E-state index in [2.05, 4.69) is 40.2 Å². The van der Waals surface area contributed by atoms with Crippen LogP contribution in [0.5, 0.6) is 0 Å². The van der Waals surface area contributed by atoms with Crippen LogP contribution in [0.4, 0.5) is 0 Å². The molecule has 23 heavy (non-hydrogen) atoms. The third-order valence-electron chi connectivity index (χ3n) is 4.66. The number of rotatable bonds is 5. The summed E-state index contributed by atoms with van der Waals surface area (Å²) in [6.45, 7) is 4.38. The molecule has 0 spiro atoms. The van der Waals surface area contributed by atoms with E-state index in [4.69, 9.17) is 0 Å². The lowest BCUT2D eigenvalue weighted by Crippen LogP contribution is -2.42. The Morgan fingerprint density at radius 3 is 2.70 bits per heavy atom. The molecule has 1 aromatic rings. The molecule has 0 atom stereocenters. The first-order valence-corrected chi connectivity index (χ1v) is 8.49. The van der Waals surface area contributed by atoms with Crippen LogP contribution in [-0.2, 0) is 6.42 Å². The zero-order valence-electron chi connectivity index (χ0n) is 14.7. The van der Waals surface area contributed by atoms with Crippen LogP contribution in [0.15, 0.2) is 29.5 Å². The molecule has 0 aliphatic heterocycles. The molecule has 1 aromatic heterocycles. The van der Waals surface area contributed by atoms with Gasteiger partial charge in [-0.2, -0.15) is 0 Å². The number of halogens is 1. The minimum absolute atomic E-state index is 0. The molecule has 1 saturated carbocycles. The molecule has 0 aromatic carbocycles. The maximum Gasteiger partial charge on any atom is 0.193 e. The predicted octanol–water partition coefficient (Wildman–Crippen LogP) is 3.58.